The number of ether oxygens (including phenoxy) is 1. The zero-order valence-electron chi connectivity index (χ0n) is 17.6. The molecule has 162 valence electrons. The summed E-state index contributed by atoms with van der Waals surface area (Å²) in [6, 6.07) is 12.8. The van der Waals surface area contributed by atoms with E-state index in [0.29, 0.717) is 30.9 Å². The van der Waals surface area contributed by atoms with Gasteiger partial charge in [0.25, 0.3) is 5.91 Å². The molecule has 0 bridgehead atoms. The van der Waals surface area contributed by atoms with E-state index in [0.717, 1.165) is 24.2 Å². The largest absolute Gasteiger partial charge is 0.379 e. The molecule has 30 heavy (non-hydrogen) atoms. The van der Waals surface area contributed by atoms with Crippen molar-refractivity contribution in [3.8, 4) is 0 Å². The first kappa shape index (κ1) is 22.4. The lowest BCUT2D eigenvalue weighted by atomic mass is 10.0. The molecule has 0 aromatic heterocycles. The van der Waals surface area contributed by atoms with Gasteiger partial charge >= 0.3 is 0 Å². The fourth-order valence-electron chi connectivity index (χ4n) is 3.55. The van der Waals surface area contributed by atoms with E-state index in [4.69, 9.17) is 4.74 Å². The number of nitrogens with one attached hydrogen (secondary N) is 2. The monoisotopic (exact) mass is 431 g/mol. The third-order valence-corrected chi connectivity index (χ3v) is 7.03. The van der Waals surface area contributed by atoms with Crippen molar-refractivity contribution in [1.82, 2.24) is 14.9 Å². The van der Waals surface area contributed by atoms with Crippen LogP contribution in [0.15, 0.2) is 47.4 Å². The maximum Gasteiger partial charge on any atom is 0.251 e. The second kappa shape index (κ2) is 9.70. The number of rotatable bonds is 7. The first-order valence-corrected chi connectivity index (χ1v) is 11.5. The quantitative estimate of drug-likeness (QED) is 0.700. The Bertz CT molecular complexity index is 987. The van der Waals surface area contributed by atoms with E-state index in [1.807, 2.05) is 37.3 Å². The summed E-state index contributed by atoms with van der Waals surface area (Å²) < 4.78 is 32.5. The number of morpholine rings is 1. The number of sulfonamides is 1. The third kappa shape index (κ3) is 5.26. The van der Waals surface area contributed by atoms with E-state index >= 15 is 0 Å². The molecule has 2 N–H and O–H groups in total. The van der Waals surface area contributed by atoms with E-state index < -0.39 is 10.0 Å². The molecule has 1 fully saturated rings. The zero-order chi connectivity index (χ0) is 21.7. The number of benzene rings is 2. The molecule has 1 aliphatic heterocycles. The Balaban J connectivity index is 1.88. The summed E-state index contributed by atoms with van der Waals surface area (Å²) in [5.74, 6) is -0.298. The molecule has 1 saturated heterocycles. The summed E-state index contributed by atoms with van der Waals surface area (Å²) in [5, 5.41) is 3.10. The third-order valence-electron chi connectivity index (χ3n) is 5.49. The number of hydrogen-bond acceptors (Lipinski definition) is 5. The van der Waals surface area contributed by atoms with E-state index in [2.05, 4.69) is 14.9 Å². The van der Waals surface area contributed by atoms with Crippen molar-refractivity contribution in [3.05, 3.63) is 64.7 Å². The first-order chi connectivity index (χ1) is 14.3. The van der Waals surface area contributed by atoms with Crippen molar-refractivity contribution >= 4 is 15.9 Å². The summed E-state index contributed by atoms with van der Waals surface area (Å²) in [6.07, 6.45) is 0. The standard InChI is InChI=1S/C22H29N3O4S/c1-16-13-19(14-21(17(16)2)30(27,28)23-3)22(26)24-20(18-7-5-4-6-8-18)15-25-9-11-29-12-10-25/h4-8,13-14,20,23H,9-12,15H2,1-3H3,(H,24,26). The molecule has 0 aliphatic carbocycles. The van der Waals surface area contributed by atoms with Gasteiger partial charge in [0, 0.05) is 25.2 Å². The Labute approximate surface area is 178 Å². The normalized spacial score (nSPS) is 16.2. The minimum Gasteiger partial charge on any atom is -0.379 e. The second-order valence-electron chi connectivity index (χ2n) is 7.47. The molecule has 1 heterocycles. The molecule has 1 amide bonds. The van der Waals surface area contributed by atoms with Crippen LogP contribution in [0.3, 0.4) is 0 Å². The fraction of sp³-hybridized carbons (Fsp3) is 0.409. The number of hydrogen-bond donors (Lipinski definition) is 2. The maximum absolute atomic E-state index is 13.1. The van der Waals surface area contributed by atoms with Gasteiger partial charge < -0.3 is 10.1 Å². The molecule has 8 heteroatoms. The summed E-state index contributed by atoms with van der Waals surface area (Å²) in [7, 11) is -2.30. The summed E-state index contributed by atoms with van der Waals surface area (Å²) in [6.45, 7) is 7.19. The fourth-order valence-corrected chi connectivity index (χ4v) is 4.62. The average molecular weight is 432 g/mol. The van der Waals surface area contributed by atoms with Crippen molar-refractivity contribution in [2.45, 2.75) is 24.8 Å². The highest BCUT2D eigenvalue weighted by molar-refractivity contribution is 7.89. The van der Waals surface area contributed by atoms with E-state index in [9.17, 15) is 13.2 Å². The lowest BCUT2D eigenvalue weighted by molar-refractivity contribution is 0.0332. The topological polar surface area (TPSA) is 87.7 Å². The van der Waals surface area contributed by atoms with E-state index in [1.165, 1.54) is 13.1 Å². The Hall–Kier alpha value is -2.26. The molecule has 2 aromatic rings. The van der Waals surface area contributed by atoms with Gasteiger partial charge in [0.15, 0.2) is 0 Å². The highest BCUT2D eigenvalue weighted by Gasteiger charge is 2.23. The van der Waals surface area contributed by atoms with Crippen LogP contribution in [0, 0.1) is 13.8 Å². The van der Waals surface area contributed by atoms with Gasteiger partial charge in [0.05, 0.1) is 24.2 Å². The minimum absolute atomic E-state index is 0.125. The molecule has 0 radical (unpaired) electrons. The molecule has 1 atom stereocenters. The highest BCUT2D eigenvalue weighted by Crippen LogP contribution is 2.22. The predicted octanol–water partition coefficient (Wildman–Crippen LogP) is 2.01. The summed E-state index contributed by atoms with van der Waals surface area (Å²) in [4.78, 5) is 15.5. The van der Waals surface area contributed by atoms with Gasteiger partial charge in [0.1, 0.15) is 0 Å². The number of amides is 1. The van der Waals surface area contributed by atoms with Crippen molar-refractivity contribution < 1.29 is 17.9 Å². The Morgan fingerprint density at radius 3 is 2.43 bits per heavy atom. The Kier molecular flexibility index (Phi) is 7.25. The summed E-state index contributed by atoms with van der Waals surface area (Å²) in [5.41, 5.74) is 2.72. The van der Waals surface area contributed by atoms with Gasteiger partial charge in [-0.1, -0.05) is 30.3 Å². The molecule has 7 nitrogen and oxygen atoms in total. The lowest BCUT2D eigenvalue weighted by Gasteiger charge is -2.31. The molecular weight excluding hydrogens is 402 g/mol. The van der Waals surface area contributed by atoms with Crippen LogP contribution in [0.1, 0.15) is 33.1 Å². The number of carbonyl (C=O) groups is 1. The van der Waals surface area contributed by atoms with Crippen molar-refractivity contribution in [2.24, 2.45) is 0 Å². The maximum atomic E-state index is 13.1. The van der Waals surface area contributed by atoms with Gasteiger partial charge in [-0.3, -0.25) is 9.69 Å². The van der Waals surface area contributed by atoms with E-state index in [-0.39, 0.29) is 16.8 Å². The Morgan fingerprint density at radius 1 is 1.13 bits per heavy atom. The average Bonchev–Trinajstić information content (AvgIpc) is 2.76. The van der Waals surface area contributed by atoms with E-state index in [1.54, 1.807) is 13.0 Å². The van der Waals surface area contributed by atoms with Crippen LogP contribution in [0.2, 0.25) is 0 Å². The van der Waals surface area contributed by atoms with Gasteiger partial charge in [-0.25, -0.2) is 13.1 Å². The van der Waals surface area contributed by atoms with Crippen LogP contribution in [0.25, 0.3) is 0 Å². The lowest BCUT2D eigenvalue weighted by Crippen LogP contribution is -2.43. The Morgan fingerprint density at radius 2 is 1.80 bits per heavy atom. The van der Waals surface area contributed by atoms with Gasteiger partial charge in [-0.2, -0.15) is 0 Å². The molecule has 1 aliphatic rings. The van der Waals surface area contributed by atoms with Gasteiger partial charge in [0.2, 0.25) is 10.0 Å². The molecule has 1 unspecified atom stereocenters. The SMILES string of the molecule is CNS(=O)(=O)c1cc(C(=O)NC(CN2CCOCC2)c2ccccc2)cc(C)c1C. The second-order valence-corrected chi connectivity index (χ2v) is 9.33. The number of carbonyl (C=O) groups excluding carboxylic acids is 1. The van der Waals surface area contributed by atoms with Crippen LogP contribution in [0.5, 0.6) is 0 Å². The van der Waals surface area contributed by atoms with Crippen molar-refractivity contribution in [2.75, 3.05) is 39.9 Å². The van der Waals surface area contributed by atoms with Crippen molar-refractivity contribution in [1.29, 1.82) is 0 Å². The number of aryl methyl sites for hydroxylation is 1. The van der Waals surface area contributed by atoms with Gasteiger partial charge in [-0.15, -0.1) is 0 Å². The van der Waals surface area contributed by atoms with Crippen LogP contribution in [-0.4, -0.2) is 59.1 Å². The summed E-state index contributed by atoms with van der Waals surface area (Å²) >= 11 is 0. The van der Waals surface area contributed by atoms with Crippen LogP contribution in [0.4, 0.5) is 0 Å². The molecular formula is C22H29N3O4S. The highest BCUT2D eigenvalue weighted by atomic mass is 32.2. The first-order valence-electron chi connectivity index (χ1n) is 10.0. The molecule has 2 aromatic carbocycles. The minimum atomic E-state index is -3.66. The van der Waals surface area contributed by atoms with Crippen molar-refractivity contribution in [3.63, 3.8) is 0 Å². The molecule has 3 rings (SSSR count). The number of nitrogens with zero attached hydrogens (tertiary/aromatic N) is 1. The predicted molar refractivity (Wildman–Crippen MR) is 116 cm³/mol. The molecule has 0 spiro atoms. The molecule has 0 saturated carbocycles. The van der Waals surface area contributed by atoms with Crippen LogP contribution in [-0.2, 0) is 14.8 Å². The van der Waals surface area contributed by atoms with Crippen LogP contribution >= 0.6 is 0 Å². The zero-order valence-corrected chi connectivity index (χ0v) is 18.5. The smallest absolute Gasteiger partial charge is 0.251 e. The van der Waals surface area contributed by atoms with Gasteiger partial charge in [-0.05, 0) is 49.7 Å². The van der Waals surface area contributed by atoms with Crippen LogP contribution < -0.4 is 10.0 Å².